The summed E-state index contributed by atoms with van der Waals surface area (Å²) < 4.78 is 16.6. The van der Waals surface area contributed by atoms with Crippen LogP contribution >= 0.6 is 0 Å². The van der Waals surface area contributed by atoms with E-state index in [0.717, 1.165) is 35.0 Å². The van der Waals surface area contributed by atoms with Gasteiger partial charge in [0.2, 0.25) is 0 Å². The Bertz CT molecular complexity index is 1470. The molecule has 0 bridgehead atoms. The number of benzene rings is 2. The fourth-order valence-corrected chi connectivity index (χ4v) is 4.18. The fourth-order valence-electron chi connectivity index (χ4n) is 4.18. The lowest BCUT2D eigenvalue weighted by Gasteiger charge is -2.26. The predicted molar refractivity (Wildman–Crippen MR) is 133 cm³/mol. The average Bonchev–Trinajstić information content (AvgIpc) is 3.29. The highest BCUT2D eigenvalue weighted by Gasteiger charge is 2.27. The molecule has 1 N–H and O–H groups in total. The molecule has 0 amide bonds. The number of fused-ring (bicyclic) bond motifs is 2. The van der Waals surface area contributed by atoms with Crippen LogP contribution in [0.2, 0.25) is 0 Å². The fraction of sp³-hybridized carbons (Fsp3) is 0.259. The Morgan fingerprint density at radius 1 is 1.00 bits per heavy atom. The molecular formula is C27H27FN6. The minimum absolute atomic E-state index is 0.236. The molecule has 0 saturated carbocycles. The summed E-state index contributed by atoms with van der Waals surface area (Å²) in [5, 5.41) is 13.1. The molecule has 0 saturated heterocycles. The van der Waals surface area contributed by atoms with Gasteiger partial charge in [-0.3, -0.25) is 4.98 Å². The molecule has 6 nitrogen and oxygen atoms in total. The van der Waals surface area contributed by atoms with Gasteiger partial charge >= 0.3 is 0 Å². The van der Waals surface area contributed by atoms with Gasteiger partial charge in [0.25, 0.3) is 0 Å². The van der Waals surface area contributed by atoms with Crippen molar-refractivity contribution in [2.75, 3.05) is 6.54 Å². The van der Waals surface area contributed by atoms with Gasteiger partial charge in [0, 0.05) is 29.3 Å². The van der Waals surface area contributed by atoms with E-state index in [0.29, 0.717) is 29.0 Å². The Kier molecular flexibility index (Phi) is 5.79. The Hall–Kier alpha value is -3.71. The molecule has 0 atom stereocenters. The van der Waals surface area contributed by atoms with E-state index in [2.05, 4.69) is 53.5 Å². The molecule has 7 heteroatoms. The lowest BCUT2D eigenvalue weighted by molar-refractivity contribution is 0.391. The molecule has 0 fully saturated rings. The van der Waals surface area contributed by atoms with Gasteiger partial charge < -0.3 is 5.32 Å². The molecule has 0 aliphatic heterocycles. The van der Waals surface area contributed by atoms with Crippen molar-refractivity contribution in [1.82, 2.24) is 30.3 Å². The van der Waals surface area contributed by atoms with Gasteiger partial charge in [0.15, 0.2) is 5.65 Å². The molecular weight excluding hydrogens is 427 g/mol. The summed E-state index contributed by atoms with van der Waals surface area (Å²) in [5.41, 5.74) is 4.91. The summed E-state index contributed by atoms with van der Waals surface area (Å²) in [7, 11) is 0. The zero-order chi connectivity index (χ0) is 23.7. The molecule has 5 aromatic rings. The molecule has 34 heavy (non-hydrogen) atoms. The zero-order valence-electron chi connectivity index (χ0n) is 19.6. The van der Waals surface area contributed by atoms with E-state index in [1.807, 2.05) is 47.1 Å². The maximum Gasteiger partial charge on any atom is 0.179 e. The molecule has 3 heterocycles. The van der Waals surface area contributed by atoms with Crippen LogP contribution in [0.3, 0.4) is 0 Å². The van der Waals surface area contributed by atoms with Gasteiger partial charge in [0.1, 0.15) is 11.3 Å². The minimum atomic E-state index is -0.509. The third kappa shape index (κ3) is 4.03. The van der Waals surface area contributed by atoms with Crippen molar-refractivity contribution in [2.45, 2.75) is 39.3 Å². The first-order valence-electron chi connectivity index (χ1n) is 11.5. The zero-order valence-corrected chi connectivity index (χ0v) is 19.6. The predicted octanol–water partition coefficient (Wildman–Crippen LogP) is 5.46. The maximum atomic E-state index is 14.7. The third-order valence-electron chi connectivity index (χ3n) is 6.23. The highest BCUT2D eigenvalue weighted by atomic mass is 19.1. The van der Waals surface area contributed by atoms with Crippen LogP contribution < -0.4 is 5.32 Å². The monoisotopic (exact) mass is 454 g/mol. The summed E-state index contributed by atoms with van der Waals surface area (Å²) in [4.78, 5) is 9.26. The first-order valence-corrected chi connectivity index (χ1v) is 11.5. The van der Waals surface area contributed by atoms with Gasteiger partial charge in [-0.2, -0.15) is 0 Å². The van der Waals surface area contributed by atoms with Gasteiger partial charge in [-0.1, -0.05) is 36.4 Å². The summed E-state index contributed by atoms with van der Waals surface area (Å²) in [6.45, 7) is 7.64. The highest BCUT2D eigenvalue weighted by Crippen LogP contribution is 2.30. The van der Waals surface area contributed by atoms with E-state index in [1.54, 1.807) is 12.3 Å². The Balaban J connectivity index is 1.52. The average molecular weight is 455 g/mol. The summed E-state index contributed by atoms with van der Waals surface area (Å²) in [6, 6.07) is 19.2. The van der Waals surface area contributed by atoms with Crippen LogP contribution in [-0.4, -0.2) is 31.5 Å². The molecule has 3 aromatic heterocycles. The molecule has 172 valence electrons. The maximum absolute atomic E-state index is 14.7. The molecule has 5 rings (SSSR count). The van der Waals surface area contributed by atoms with Crippen LogP contribution in [0.15, 0.2) is 66.9 Å². The molecule has 0 unspecified atom stereocenters. The van der Waals surface area contributed by atoms with Gasteiger partial charge in [0.05, 0.1) is 16.7 Å². The van der Waals surface area contributed by atoms with Crippen molar-refractivity contribution in [3.05, 3.63) is 83.8 Å². The van der Waals surface area contributed by atoms with E-state index >= 15 is 0 Å². The van der Waals surface area contributed by atoms with E-state index in [-0.39, 0.29) is 5.82 Å². The van der Waals surface area contributed by atoms with Crippen LogP contribution in [0.25, 0.3) is 33.3 Å². The second-order valence-electron chi connectivity index (χ2n) is 8.99. The van der Waals surface area contributed by atoms with Crippen molar-refractivity contribution < 1.29 is 4.39 Å². The number of rotatable bonds is 7. The smallest absolute Gasteiger partial charge is 0.179 e. The minimum Gasteiger partial charge on any atom is -0.313 e. The second-order valence-corrected chi connectivity index (χ2v) is 8.99. The largest absolute Gasteiger partial charge is 0.313 e. The Labute approximate surface area is 197 Å². The number of hydrogen-bond donors (Lipinski definition) is 1. The summed E-state index contributed by atoms with van der Waals surface area (Å²) >= 11 is 0. The number of nitrogens with one attached hydrogen (secondary N) is 1. The van der Waals surface area contributed by atoms with E-state index in [4.69, 9.17) is 4.98 Å². The van der Waals surface area contributed by atoms with Gasteiger partial charge in [-0.25, -0.2) is 14.1 Å². The van der Waals surface area contributed by atoms with Crippen LogP contribution in [0.1, 0.15) is 38.3 Å². The van der Waals surface area contributed by atoms with Crippen molar-refractivity contribution in [2.24, 2.45) is 0 Å². The van der Waals surface area contributed by atoms with Crippen molar-refractivity contribution >= 4 is 22.1 Å². The molecule has 0 spiro atoms. The lowest BCUT2D eigenvalue weighted by Crippen LogP contribution is -2.29. The quantitative estimate of drug-likeness (QED) is 0.331. The number of pyridine rings is 2. The van der Waals surface area contributed by atoms with Crippen LogP contribution in [0.5, 0.6) is 0 Å². The number of halogens is 1. The molecule has 0 aliphatic rings. The molecule has 0 radical (unpaired) electrons. The first-order chi connectivity index (χ1) is 16.5. The highest BCUT2D eigenvalue weighted by molar-refractivity contribution is 5.80. The van der Waals surface area contributed by atoms with E-state index in [1.165, 1.54) is 0 Å². The van der Waals surface area contributed by atoms with Gasteiger partial charge in [-0.05, 0) is 68.8 Å². The second kappa shape index (κ2) is 8.91. The summed E-state index contributed by atoms with van der Waals surface area (Å²) in [5.74, 6) is -0.236. The molecule has 2 aromatic carbocycles. The van der Waals surface area contributed by atoms with E-state index < -0.39 is 5.54 Å². The van der Waals surface area contributed by atoms with Crippen LogP contribution in [0, 0.1) is 5.82 Å². The number of aromatic nitrogens is 5. The normalized spacial score (nSPS) is 12.0. The number of hydrogen-bond acceptors (Lipinski definition) is 5. The Morgan fingerprint density at radius 2 is 1.85 bits per heavy atom. The first kappa shape index (κ1) is 22.1. The van der Waals surface area contributed by atoms with Crippen molar-refractivity contribution in [3.63, 3.8) is 0 Å². The SMILES string of the molecule is CCCNCc1ccc(-c2ccc3nnn(C(C)(C)c4ccc5ncccc5c4)c3n2)cc1F. The van der Waals surface area contributed by atoms with Crippen LogP contribution in [-0.2, 0) is 12.1 Å². The lowest BCUT2D eigenvalue weighted by atomic mass is 9.93. The van der Waals surface area contributed by atoms with Gasteiger partial charge in [-0.15, -0.1) is 5.10 Å². The standard InChI is InChI=1S/C27H27FN6/c1-4-13-29-17-20-8-7-19(16-22(20)28)24-11-12-25-26(31-24)34(33-32-25)27(2,3)21-9-10-23-18(15-21)6-5-14-30-23/h5-12,14-16,29H,4,13,17H2,1-3H3. The van der Waals surface area contributed by atoms with Crippen molar-refractivity contribution in [1.29, 1.82) is 0 Å². The topological polar surface area (TPSA) is 68.5 Å². The third-order valence-corrected chi connectivity index (χ3v) is 6.23. The van der Waals surface area contributed by atoms with E-state index in [9.17, 15) is 4.39 Å². The summed E-state index contributed by atoms with van der Waals surface area (Å²) in [6.07, 6.45) is 2.80. The van der Waals surface area contributed by atoms with Crippen LogP contribution in [0.4, 0.5) is 4.39 Å². The number of nitrogens with zero attached hydrogens (tertiary/aromatic N) is 5. The Morgan fingerprint density at radius 3 is 2.68 bits per heavy atom. The molecule has 0 aliphatic carbocycles. The van der Waals surface area contributed by atoms with Crippen molar-refractivity contribution in [3.8, 4) is 11.3 Å².